The lowest BCUT2D eigenvalue weighted by Gasteiger charge is -2.12. The molecule has 0 bridgehead atoms. The quantitative estimate of drug-likeness (QED) is 0.793. The molecule has 0 unspecified atom stereocenters. The van der Waals surface area contributed by atoms with Gasteiger partial charge in [0.05, 0.1) is 18.5 Å². The third-order valence-electron chi connectivity index (χ3n) is 5.31. The van der Waals surface area contributed by atoms with Crippen LogP contribution in [0.2, 0.25) is 0 Å². The highest BCUT2D eigenvalue weighted by atomic mass is 16.5. The van der Waals surface area contributed by atoms with Gasteiger partial charge in [-0.1, -0.05) is 12.8 Å². The van der Waals surface area contributed by atoms with E-state index in [1.165, 1.54) is 20.0 Å². The van der Waals surface area contributed by atoms with Crippen LogP contribution in [0.5, 0.6) is 0 Å². The maximum atomic E-state index is 12.4. The predicted molar refractivity (Wildman–Crippen MR) is 103 cm³/mol. The average Bonchev–Trinajstić information content (AvgIpc) is 3.28. The van der Waals surface area contributed by atoms with Crippen molar-refractivity contribution < 1.29 is 14.3 Å². The SMILES string of the molecule is COC(=O)CCc1c(C)nn(-c2ccc(C(=O)NC3CCCC3)cc2)c1C. The molecule has 1 saturated carbocycles. The van der Waals surface area contributed by atoms with Crippen molar-refractivity contribution >= 4 is 11.9 Å². The van der Waals surface area contributed by atoms with Gasteiger partial charge in [0.1, 0.15) is 0 Å². The van der Waals surface area contributed by atoms with Crippen LogP contribution < -0.4 is 5.32 Å². The lowest BCUT2D eigenvalue weighted by atomic mass is 10.1. The minimum Gasteiger partial charge on any atom is -0.469 e. The molecule has 0 aliphatic heterocycles. The fraction of sp³-hybridized carbons (Fsp3) is 0.476. The number of aromatic nitrogens is 2. The van der Waals surface area contributed by atoms with Gasteiger partial charge in [0, 0.05) is 23.7 Å². The second kappa shape index (κ2) is 8.37. The number of carbonyl (C=O) groups excluding carboxylic acids is 2. The van der Waals surface area contributed by atoms with E-state index in [4.69, 9.17) is 4.74 Å². The molecule has 2 aromatic rings. The molecule has 0 atom stereocenters. The number of esters is 1. The number of amides is 1. The molecule has 0 spiro atoms. The van der Waals surface area contributed by atoms with Crippen LogP contribution in [0.4, 0.5) is 0 Å². The normalized spacial score (nSPS) is 14.3. The number of hydrogen-bond acceptors (Lipinski definition) is 4. The maximum absolute atomic E-state index is 12.4. The standard InChI is InChI=1S/C21H27N3O3/c1-14-19(12-13-20(25)27-3)15(2)24(23-14)18-10-8-16(9-11-18)21(26)22-17-6-4-5-7-17/h8-11,17H,4-7,12-13H2,1-3H3,(H,22,26). The van der Waals surface area contributed by atoms with Gasteiger partial charge in [0.25, 0.3) is 5.91 Å². The van der Waals surface area contributed by atoms with E-state index in [0.717, 1.165) is 35.5 Å². The minimum absolute atomic E-state index is 0.0133. The van der Waals surface area contributed by atoms with Crippen LogP contribution in [0, 0.1) is 13.8 Å². The largest absolute Gasteiger partial charge is 0.469 e. The van der Waals surface area contributed by atoms with Crippen LogP contribution >= 0.6 is 0 Å². The molecule has 0 radical (unpaired) electrons. The number of carbonyl (C=O) groups is 2. The zero-order chi connectivity index (χ0) is 19.4. The molecule has 1 aliphatic carbocycles. The Hall–Kier alpha value is -2.63. The summed E-state index contributed by atoms with van der Waals surface area (Å²) in [5.41, 5.74) is 4.53. The molecular formula is C21H27N3O3. The monoisotopic (exact) mass is 369 g/mol. The predicted octanol–water partition coefficient (Wildman–Crippen LogP) is 3.27. The Balaban J connectivity index is 1.73. The molecule has 6 heteroatoms. The highest BCUT2D eigenvalue weighted by Gasteiger charge is 2.18. The van der Waals surface area contributed by atoms with Gasteiger partial charge < -0.3 is 10.1 Å². The summed E-state index contributed by atoms with van der Waals surface area (Å²) in [5, 5.41) is 7.71. The number of nitrogens with zero attached hydrogens (tertiary/aromatic N) is 2. The van der Waals surface area contributed by atoms with E-state index in [1.807, 2.05) is 42.8 Å². The lowest BCUT2D eigenvalue weighted by Crippen LogP contribution is -2.32. The number of nitrogens with one attached hydrogen (secondary N) is 1. The maximum Gasteiger partial charge on any atom is 0.305 e. The van der Waals surface area contributed by atoms with Gasteiger partial charge in [0.15, 0.2) is 0 Å². The van der Waals surface area contributed by atoms with Crippen LogP contribution in [0.1, 0.15) is 59.4 Å². The summed E-state index contributed by atoms with van der Waals surface area (Å²) in [6.07, 6.45) is 5.48. The van der Waals surface area contributed by atoms with Gasteiger partial charge in [-0.3, -0.25) is 9.59 Å². The Morgan fingerprint density at radius 1 is 1.19 bits per heavy atom. The first-order valence-electron chi connectivity index (χ1n) is 9.53. The van der Waals surface area contributed by atoms with Crippen LogP contribution in [0.25, 0.3) is 5.69 Å². The molecule has 1 heterocycles. The van der Waals surface area contributed by atoms with Crippen LogP contribution in [0.15, 0.2) is 24.3 Å². The first-order chi connectivity index (χ1) is 13.0. The molecule has 27 heavy (non-hydrogen) atoms. The van der Waals surface area contributed by atoms with Crippen LogP contribution in [-0.4, -0.2) is 34.8 Å². The number of benzene rings is 1. The smallest absolute Gasteiger partial charge is 0.305 e. The Bertz CT molecular complexity index is 818. The van der Waals surface area contributed by atoms with Crippen LogP contribution in [-0.2, 0) is 16.0 Å². The van der Waals surface area contributed by atoms with E-state index in [0.29, 0.717) is 24.4 Å². The summed E-state index contributed by atoms with van der Waals surface area (Å²) in [6, 6.07) is 7.81. The molecule has 3 rings (SSSR count). The van der Waals surface area contributed by atoms with Gasteiger partial charge >= 0.3 is 5.97 Å². The van der Waals surface area contributed by atoms with Crippen molar-refractivity contribution in [3.8, 4) is 5.69 Å². The number of ether oxygens (including phenoxy) is 1. The second-order valence-electron chi connectivity index (χ2n) is 7.14. The van der Waals surface area contributed by atoms with Crippen LogP contribution in [0.3, 0.4) is 0 Å². The second-order valence-corrected chi connectivity index (χ2v) is 7.14. The van der Waals surface area contributed by atoms with E-state index in [1.54, 1.807) is 0 Å². The number of hydrogen-bond donors (Lipinski definition) is 1. The summed E-state index contributed by atoms with van der Waals surface area (Å²) in [6.45, 7) is 3.94. The van der Waals surface area contributed by atoms with Crippen molar-refractivity contribution in [3.05, 3.63) is 46.8 Å². The third kappa shape index (κ3) is 4.38. The zero-order valence-electron chi connectivity index (χ0n) is 16.2. The van der Waals surface area contributed by atoms with E-state index in [2.05, 4.69) is 10.4 Å². The molecule has 1 amide bonds. The Kier molecular flexibility index (Phi) is 5.94. The summed E-state index contributed by atoms with van der Waals surface area (Å²) in [4.78, 5) is 23.8. The number of rotatable bonds is 6. The minimum atomic E-state index is -0.223. The van der Waals surface area contributed by atoms with Crippen molar-refractivity contribution in [1.82, 2.24) is 15.1 Å². The molecule has 6 nitrogen and oxygen atoms in total. The number of aryl methyl sites for hydroxylation is 1. The van der Waals surface area contributed by atoms with Crippen molar-refractivity contribution in [3.63, 3.8) is 0 Å². The lowest BCUT2D eigenvalue weighted by molar-refractivity contribution is -0.140. The topological polar surface area (TPSA) is 73.2 Å². The Morgan fingerprint density at radius 3 is 2.48 bits per heavy atom. The van der Waals surface area contributed by atoms with Crippen molar-refractivity contribution in [2.24, 2.45) is 0 Å². The molecule has 144 valence electrons. The first-order valence-corrected chi connectivity index (χ1v) is 9.53. The van der Waals surface area contributed by atoms with Gasteiger partial charge in [0.2, 0.25) is 0 Å². The highest BCUT2D eigenvalue weighted by Crippen LogP contribution is 2.21. The van der Waals surface area contributed by atoms with E-state index in [-0.39, 0.29) is 11.9 Å². The fourth-order valence-electron chi connectivity index (χ4n) is 3.71. The van der Waals surface area contributed by atoms with Crippen molar-refractivity contribution in [2.75, 3.05) is 7.11 Å². The Labute approximate surface area is 159 Å². The molecule has 1 aliphatic rings. The fourth-order valence-corrected chi connectivity index (χ4v) is 3.71. The van der Waals surface area contributed by atoms with E-state index < -0.39 is 0 Å². The molecule has 0 saturated heterocycles. The first kappa shape index (κ1) is 19.1. The number of methoxy groups -OCH3 is 1. The molecule has 1 aromatic heterocycles. The molecule has 1 aromatic carbocycles. The summed E-state index contributed by atoms with van der Waals surface area (Å²) < 4.78 is 6.58. The van der Waals surface area contributed by atoms with Crippen molar-refractivity contribution in [1.29, 1.82) is 0 Å². The van der Waals surface area contributed by atoms with E-state index in [9.17, 15) is 9.59 Å². The van der Waals surface area contributed by atoms with Gasteiger partial charge in [-0.15, -0.1) is 0 Å². The summed E-state index contributed by atoms with van der Waals surface area (Å²) in [5.74, 6) is -0.236. The van der Waals surface area contributed by atoms with Crippen molar-refractivity contribution in [2.45, 2.75) is 58.4 Å². The van der Waals surface area contributed by atoms with Gasteiger partial charge in [-0.2, -0.15) is 5.10 Å². The van der Waals surface area contributed by atoms with Gasteiger partial charge in [-0.05, 0) is 62.9 Å². The summed E-state index contributed by atoms with van der Waals surface area (Å²) in [7, 11) is 1.40. The molecule has 1 N–H and O–H groups in total. The highest BCUT2D eigenvalue weighted by molar-refractivity contribution is 5.94. The zero-order valence-corrected chi connectivity index (χ0v) is 16.2. The summed E-state index contributed by atoms with van der Waals surface area (Å²) >= 11 is 0. The Morgan fingerprint density at radius 2 is 1.85 bits per heavy atom. The van der Waals surface area contributed by atoms with E-state index >= 15 is 0 Å². The average molecular weight is 369 g/mol. The third-order valence-corrected chi connectivity index (χ3v) is 5.31. The van der Waals surface area contributed by atoms with Gasteiger partial charge in [-0.25, -0.2) is 4.68 Å². The molecule has 1 fully saturated rings. The molecular weight excluding hydrogens is 342 g/mol.